The summed E-state index contributed by atoms with van der Waals surface area (Å²) in [5, 5.41) is 11.9. The van der Waals surface area contributed by atoms with Crippen molar-refractivity contribution in [2.75, 3.05) is 4.90 Å². The number of esters is 1. The molecule has 0 saturated carbocycles. The highest BCUT2D eigenvalue weighted by atomic mass is 16.6. The second kappa shape index (κ2) is 9.95. The number of para-hydroxylation sites is 1. The summed E-state index contributed by atoms with van der Waals surface area (Å²) in [6.07, 6.45) is 3.50. The van der Waals surface area contributed by atoms with Crippen LogP contribution in [0.1, 0.15) is 55.0 Å². The van der Waals surface area contributed by atoms with Gasteiger partial charge in [-0.25, -0.2) is 0 Å². The van der Waals surface area contributed by atoms with Crippen LogP contribution in [-0.4, -0.2) is 40.3 Å². The summed E-state index contributed by atoms with van der Waals surface area (Å²) in [5.41, 5.74) is 0.00890. The lowest BCUT2D eigenvalue weighted by atomic mass is 9.64. The van der Waals surface area contributed by atoms with Gasteiger partial charge in [0.05, 0.1) is 16.7 Å². The molecule has 1 saturated heterocycles. The van der Waals surface area contributed by atoms with Gasteiger partial charge in [-0.2, -0.15) is 0 Å². The maximum absolute atomic E-state index is 14.8. The molecule has 1 spiro atoms. The fourth-order valence-electron chi connectivity index (χ4n) is 7.20. The Morgan fingerprint density at radius 2 is 1.52 bits per heavy atom. The van der Waals surface area contributed by atoms with E-state index >= 15 is 0 Å². The van der Waals surface area contributed by atoms with Gasteiger partial charge in [-0.15, -0.1) is 0 Å². The van der Waals surface area contributed by atoms with Crippen molar-refractivity contribution < 1.29 is 28.8 Å². The van der Waals surface area contributed by atoms with Gasteiger partial charge in [0, 0.05) is 47.2 Å². The largest absolute Gasteiger partial charge is 0.424 e. The molecule has 0 radical (unpaired) electrons. The average Bonchev–Trinajstić information content (AvgIpc) is 3.47. The highest BCUT2D eigenvalue weighted by Gasteiger charge is 2.71. The summed E-state index contributed by atoms with van der Waals surface area (Å²) in [6.45, 7) is 1.26. The first kappa shape index (κ1) is 27.2. The number of nitro benzene ring substituents is 1. The number of benzene rings is 4. The lowest BCUT2D eigenvalue weighted by molar-refractivity contribution is -0.384. The van der Waals surface area contributed by atoms with Crippen LogP contribution in [0.5, 0.6) is 5.75 Å². The standard InChI is InChI=1S/C35H24N2O7/c1-20(38)44-27-16-8-11-21-17-18-28-35(33(40)25-14-5-6-15-26(25)34(35)41)29(23-12-7-13-24(19-23)37(42)43)31(36(28)30(21)27)32(39)22-9-3-2-4-10-22/h2-19,28-29,31H,1H3/t28?,29-,31+/m1/s1. The minimum atomic E-state index is -1.86. The van der Waals surface area contributed by atoms with Crippen LogP contribution in [0.25, 0.3) is 6.08 Å². The predicted octanol–water partition coefficient (Wildman–Crippen LogP) is 5.84. The van der Waals surface area contributed by atoms with Crippen molar-refractivity contribution in [3.05, 3.63) is 141 Å². The van der Waals surface area contributed by atoms with E-state index in [0.29, 0.717) is 22.4 Å². The number of ether oxygens (including phenoxy) is 1. The summed E-state index contributed by atoms with van der Waals surface area (Å²) >= 11 is 0. The molecule has 0 amide bonds. The van der Waals surface area contributed by atoms with Gasteiger partial charge in [0.1, 0.15) is 11.5 Å². The summed E-state index contributed by atoms with van der Waals surface area (Å²) in [4.78, 5) is 69.6. The lowest BCUT2D eigenvalue weighted by Crippen LogP contribution is -2.48. The van der Waals surface area contributed by atoms with Gasteiger partial charge >= 0.3 is 5.97 Å². The normalized spacial score (nSPS) is 20.7. The van der Waals surface area contributed by atoms with E-state index in [1.807, 2.05) is 0 Å². The molecule has 3 aliphatic rings. The number of nitro groups is 1. The molecule has 9 nitrogen and oxygen atoms in total. The zero-order valence-corrected chi connectivity index (χ0v) is 23.4. The highest BCUT2D eigenvalue weighted by Crippen LogP contribution is 2.62. The smallest absolute Gasteiger partial charge is 0.308 e. The minimum absolute atomic E-state index is 0.167. The van der Waals surface area contributed by atoms with E-state index in [1.54, 1.807) is 95.9 Å². The molecule has 4 aromatic carbocycles. The Balaban J connectivity index is 1.58. The number of carbonyl (C=O) groups excluding carboxylic acids is 4. The minimum Gasteiger partial charge on any atom is -0.424 e. The van der Waals surface area contributed by atoms with Crippen molar-refractivity contribution in [2.24, 2.45) is 5.41 Å². The fraction of sp³-hybridized carbons (Fsp3) is 0.143. The van der Waals surface area contributed by atoms with Crippen LogP contribution >= 0.6 is 0 Å². The molecule has 9 heteroatoms. The first-order chi connectivity index (χ1) is 21.2. The molecule has 0 bridgehead atoms. The number of non-ortho nitro benzene ring substituents is 1. The van der Waals surface area contributed by atoms with Crippen LogP contribution in [-0.2, 0) is 4.79 Å². The Morgan fingerprint density at radius 1 is 0.864 bits per heavy atom. The number of rotatable bonds is 5. The van der Waals surface area contributed by atoms with E-state index in [1.165, 1.54) is 25.1 Å². The van der Waals surface area contributed by atoms with Crippen molar-refractivity contribution in [1.29, 1.82) is 0 Å². The first-order valence-corrected chi connectivity index (χ1v) is 14.1. The highest BCUT2D eigenvalue weighted by molar-refractivity contribution is 6.32. The molecule has 1 aliphatic carbocycles. The van der Waals surface area contributed by atoms with Crippen LogP contribution in [0.3, 0.4) is 0 Å². The van der Waals surface area contributed by atoms with Gasteiger partial charge in [0.15, 0.2) is 23.1 Å². The van der Waals surface area contributed by atoms with Crippen molar-refractivity contribution >= 4 is 40.8 Å². The average molecular weight is 585 g/mol. The van der Waals surface area contributed by atoms with Gasteiger partial charge in [-0.3, -0.25) is 29.3 Å². The number of anilines is 1. The third kappa shape index (κ3) is 3.72. The fourth-order valence-corrected chi connectivity index (χ4v) is 7.20. The summed E-state index contributed by atoms with van der Waals surface area (Å²) < 4.78 is 5.63. The predicted molar refractivity (Wildman–Crippen MR) is 161 cm³/mol. The molecule has 216 valence electrons. The Labute approximate surface area is 251 Å². The number of nitrogens with zero attached hydrogens (tertiary/aromatic N) is 2. The Hall–Kier alpha value is -5.70. The van der Waals surface area contributed by atoms with Gasteiger partial charge in [-0.1, -0.05) is 91.0 Å². The quantitative estimate of drug-likeness (QED) is 0.0716. The maximum atomic E-state index is 14.8. The zero-order chi connectivity index (χ0) is 30.7. The van der Waals surface area contributed by atoms with Crippen LogP contribution in [0.2, 0.25) is 0 Å². The second-order valence-corrected chi connectivity index (χ2v) is 11.1. The molecule has 2 aliphatic heterocycles. The van der Waals surface area contributed by atoms with Gasteiger partial charge < -0.3 is 9.64 Å². The van der Waals surface area contributed by atoms with E-state index in [-0.39, 0.29) is 28.3 Å². The first-order valence-electron chi connectivity index (χ1n) is 14.1. The monoisotopic (exact) mass is 584 g/mol. The molecular weight excluding hydrogens is 560 g/mol. The summed E-state index contributed by atoms with van der Waals surface area (Å²) in [7, 11) is 0. The molecule has 2 heterocycles. The van der Waals surface area contributed by atoms with Crippen LogP contribution < -0.4 is 9.64 Å². The van der Waals surface area contributed by atoms with Gasteiger partial charge in [0.2, 0.25) is 0 Å². The topological polar surface area (TPSA) is 124 Å². The molecular formula is C35H24N2O7. The van der Waals surface area contributed by atoms with Crippen molar-refractivity contribution in [1.82, 2.24) is 0 Å². The zero-order valence-electron chi connectivity index (χ0n) is 23.4. The van der Waals surface area contributed by atoms with Crippen LogP contribution in [0.4, 0.5) is 11.4 Å². The SMILES string of the molecule is CC(=O)Oc1cccc2c1N1C(C=C2)C2(C(=O)c3ccccc3C2=O)[C@H](c2cccc([N+](=O)[O-])c2)[C@H]1C(=O)c1ccccc1. The molecule has 1 unspecified atom stereocenters. The Bertz CT molecular complexity index is 1910. The summed E-state index contributed by atoms with van der Waals surface area (Å²) in [6, 6.07) is 23.7. The van der Waals surface area contributed by atoms with Gasteiger partial charge in [0.25, 0.3) is 5.69 Å². The van der Waals surface area contributed by atoms with Crippen molar-refractivity contribution in [2.45, 2.75) is 24.9 Å². The number of hydrogen-bond acceptors (Lipinski definition) is 8. The molecule has 3 atom stereocenters. The Morgan fingerprint density at radius 3 is 2.18 bits per heavy atom. The molecule has 0 aromatic heterocycles. The number of hydrogen-bond donors (Lipinski definition) is 0. The van der Waals surface area contributed by atoms with Crippen LogP contribution in [0, 0.1) is 15.5 Å². The molecule has 0 N–H and O–H groups in total. The molecule has 1 fully saturated rings. The summed E-state index contributed by atoms with van der Waals surface area (Å²) in [5.74, 6) is -2.88. The number of ketones is 3. The molecule has 4 aromatic rings. The molecule has 44 heavy (non-hydrogen) atoms. The lowest BCUT2D eigenvalue weighted by Gasteiger charge is -2.37. The van der Waals surface area contributed by atoms with E-state index < -0.39 is 45.9 Å². The Kier molecular flexibility index (Phi) is 6.14. The van der Waals surface area contributed by atoms with E-state index in [4.69, 9.17) is 4.74 Å². The molecule has 7 rings (SSSR count). The van der Waals surface area contributed by atoms with Crippen molar-refractivity contribution in [3.8, 4) is 5.75 Å². The maximum Gasteiger partial charge on any atom is 0.308 e. The third-order valence-corrected chi connectivity index (χ3v) is 8.81. The third-order valence-electron chi connectivity index (χ3n) is 8.81. The second-order valence-electron chi connectivity index (χ2n) is 11.1. The number of carbonyl (C=O) groups is 4. The van der Waals surface area contributed by atoms with E-state index in [0.717, 1.165) is 0 Å². The van der Waals surface area contributed by atoms with Crippen LogP contribution in [0.15, 0.2) is 103 Å². The number of Topliss-reactive ketones (excluding diaryl/α,β-unsaturated/α-hetero) is 3. The van der Waals surface area contributed by atoms with E-state index in [2.05, 4.69) is 0 Å². The van der Waals surface area contributed by atoms with E-state index in [9.17, 15) is 29.3 Å². The van der Waals surface area contributed by atoms with Crippen molar-refractivity contribution in [3.63, 3.8) is 0 Å². The van der Waals surface area contributed by atoms with Gasteiger partial charge in [-0.05, 0) is 11.6 Å². The number of fused-ring (bicyclic) bond motifs is 5.